The number of benzene rings is 6. The number of amides is 1. The van der Waals surface area contributed by atoms with Gasteiger partial charge in [-0.3, -0.25) is 4.90 Å². The third-order valence-electron chi connectivity index (χ3n) is 10.9. The summed E-state index contributed by atoms with van der Waals surface area (Å²) in [6.07, 6.45) is 3.07. The van der Waals surface area contributed by atoms with E-state index in [1.807, 2.05) is 178 Å². The highest BCUT2D eigenvalue weighted by Gasteiger charge is 2.25. The van der Waals surface area contributed by atoms with Crippen LogP contribution in [0.25, 0.3) is 22.5 Å². The fraction of sp³-hybridized carbons (Fsp3) is 0.175. The number of ether oxygens (including phenoxy) is 1. The summed E-state index contributed by atoms with van der Waals surface area (Å²) >= 11 is 0. The van der Waals surface area contributed by atoms with Crippen molar-refractivity contribution >= 4 is 53.4 Å². The Kier molecular flexibility index (Phi) is 18.9. The van der Waals surface area contributed by atoms with Crippen LogP contribution in [0.1, 0.15) is 43.0 Å². The van der Waals surface area contributed by atoms with Crippen LogP contribution in [0.2, 0.25) is 0 Å². The number of nitrogens with zero attached hydrogens (tertiary/aromatic N) is 5. The molecule has 2 atom stereocenters. The van der Waals surface area contributed by atoms with Gasteiger partial charge >= 0.3 is 18.0 Å². The zero-order valence-corrected chi connectivity index (χ0v) is 40.9. The summed E-state index contributed by atoms with van der Waals surface area (Å²) < 4.78 is 5.67. The summed E-state index contributed by atoms with van der Waals surface area (Å²) in [5.41, 5.74) is 8.16. The van der Waals surface area contributed by atoms with Crippen molar-refractivity contribution in [2.75, 3.05) is 20.9 Å². The molecule has 0 spiro atoms. The highest BCUT2D eigenvalue weighted by atomic mass is 35.5. The van der Waals surface area contributed by atoms with E-state index in [4.69, 9.17) is 4.74 Å². The van der Waals surface area contributed by atoms with E-state index in [2.05, 4.69) is 48.0 Å². The number of carbonyl (C=O) groups is 3. The summed E-state index contributed by atoms with van der Waals surface area (Å²) in [6.45, 7) is 6.62. The van der Waals surface area contributed by atoms with E-state index in [1.54, 1.807) is 17.0 Å². The van der Waals surface area contributed by atoms with E-state index in [0.29, 0.717) is 42.4 Å². The lowest BCUT2D eigenvalue weighted by Gasteiger charge is -2.27. The lowest BCUT2D eigenvalue weighted by Crippen LogP contribution is -2.36. The zero-order valence-electron chi connectivity index (χ0n) is 40.1. The zero-order chi connectivity index (χ0) is 50.0. The summed E-state index contributed by atoms with van der Waals surface area (Å²) in [5.74, 6) is -1.01. The maximum atomic E-state index is 13.1. The van der Waals surface area contributed by atoms with Gasteiger partial charge in [0.2, 0.25) is 0 Å². The minimum atomic E-state index is -0.969. The number of nitrogens with one attached hydrogen (secondary N) is 3. The van der Waals surface area contributed by atoms with E-state index in [9.17, 15) is 24.6 Å². The van der Waals surface area contributed by atoms with Crippen molar-refractivity contribution in [3.63, 3.8) is 0 Å². The molecule has 0 saturated heterocycles. The molecule has 0 saturated carbocycles. The molecular weight excluding hydrogens is 928 g/mol. The van der Waals surface area contributed by atoms with Crippen molar-refractivity contribution in [1.82, 2.24) is 19.9 Å². The molecule has 0 fully saturated rings. The minimum Gasteiger partial charge on any atom is -0.480 e. The van der Waals surface area contributed by atoms with Crippen LogP contribution in [0, 0.1) is 0 Å². The topological polar surface area (TPSA) is 192 Å². The molecule has 0 aliphatic rings. The average molecular weight is 986 g/mol. The smallest absolute Gasteiger partial charge is 0.415 e. The lowest BCUT2D eigenvalue weighted by molar-refractivity contribution is -0.138. The van der Waals surface area contributed by atoms with Gasteiger partial charge in [0.05, 0.1) is 17.9 Å². The summed E-state index contributed by atoms with van der Waals surface area (Å²) in [6, 6.07) is 56.1. The molecule has 6 aromatic carbocycles. The van der Waals surface area contributed by atoms with Crippen LogP contribution in [-0.4, -0.2) is 65.9 Å². The molecule has 368 valence electrons. The van der Waals surface area contributed by atoms with Gasteiger partial charge in [0.25, 0.3) is 0 Å². The summed E-state index contributed by atoms with van der Waals surface area (Å²) in [7, 11) is 0. The van der Waals surface area contributed by atoms with Crippen LogP contribution in [0.15, 0.2) is 195 Å². The van der Waals surface area contributed by atoms with Crippen LogP contribution in [0.3, 0.4) is 0 Å². The number of rotatable bonds is 18. The number of hydrogen-bond acceptors (Lipinski definition) is 11. The molecule has 0 aliphatic carbocycles. The SMILES string of the molecule is CC(C)(C)OC(=O)N(Cc1ccccc1)c1ccc(-c2cc(NC(Cc3ccccc3)C(=O)O)ncn2)cc1.Cl.O=C(O)C(Cc1ccccc1)Nc1cc(-c2ccc(NCc3ccccc3)cc2)ncn1. The number of aliphatic carboxylic acids is 2. The molecule has 2 unspecified atom stereocenters. The number of hydrogen-bond donors (Lipinski definition) is 5. The minimum absolute atomic E-state index is 0. The van der Waals surface area contributed by atoms with Gasteiger partial charge in [0.1, 0.15) is 42.0 Å². The van der Waals surface area contributed by atoms with Crippen LogP contribution in [0.4, 0.5) is 27.8 Å². The number of carboxylic acids is 2. The van der Waals surface area contributed by atoms with Gasteiger partial charge in [-0.25, -0.2) is 34.3 Å². The molecule has 8 rings (SSSR count). The van der Waals surface area contributed by atoms with Gasteiger partial charge < -0.3 is 30.9 Å². The molecule has 0 aliphatic heterocycles. The number of anilines is 4. The number of carbonyl (C=O) groups excluding carboxylic acids is 1. The third-order valence-corrected chi connectivity index (χ3v) is 10.9. The highest BCUT2D eigenvalue weighted by Crippen LogP contribution is 2.27. The predicted octanol–water partition coefficient (Wildman–Crippen LogP) is 11.5. The molecule has 72 heavy (non-hydrogen) atoms. The maximum Gasteiger partial charge on any atom is 0.415 e. The molecule has 0 bridgehead atoms. The second kappa shape index (κ2) is 25.8. The van der Waals surface area contributed by atoms with Crippen molar-refractivity contribution in [3.8, 4) is 22.5 Å². The normalized spacial score (nSPS) is 11.5. The largest absolute Gasteiger partial charge is 0.480 e. The first-order valence-corrected chi connectivity index (χ1v) is 23.1. The first kappa shape index (κ1) is 52.7. The second-order valence-electron chi connectivity index (χ2n) is 17.5. The Morgan fingerprint density at radius 3 is 1.36 bits per heavy atom. The molecule has 15 heteroatoms. The van der Waals surface area contributed by atoms with Crippen LogP contribution in [-0.2, 0) is 40.3 Å². The van der Waals surface area contributed by atoms with Crippen molar-refractivity contribution in [3.05, 3.63) is 217 Å². The predicted molar refractivity (Wildman–Crippen MR) is 285 cm³/mol. The van der Waals surface area contributed by atoms with Gasteiger partial charge in [0.15, 0.2) is 0 Å². The number of carboxylic acid groups (broad SMARTS) is 2. The fourth-order valence-electron chi connectivity index (χ4n) is 7.36. The van der Waals surface area contributed by atoms with Gasteiger partial charge in [-0.05, 0) is 67.3 Å². The van der Waals surface area contributed by atoms with Gasteiger partial charge in [-0.15, -0.1) is 12.4 Å². The van der Waals surface area contributed by atoms with E-state index in [0.717, 1.165) is 45.7 Å². The van der Waals surface area contributed by atoms with Crippen LogP contribution < -0.4 is 20.9 Å². The Labute approximate surface area is 425 Å². The molecule has 5 N–H and O–H groups in total. The number of aromatic nitrogens is 4. The summed E-state index contributed by atoms with van der Waals surface area (Å²) in [5, 5.41) is 28.8. The average Bonchev–Trinajstić information content (AvgIpc) is 3.38. The Morgan fingerprint density at radius 1 is 0.542 bits per heavy atom. The molecule has 1 amide bonds. The maximum absolute atomic E-state index is 13.1. The van der Waals surface area contributed by atoms with Crippen molar-refractivity contribution < 1.29 is 29.3 Å². The molecule has 14 nitrogen and oxygen atoms in total. The molecule has 2 aromatic heterocycles. The summed E-state index contributed by atoms with van der Waals surface area (Å²) in [4.78, 5) is 55.5. The standard InChI is InChI=1S/C31H32N4O4.C26H24N4O2.ClH/c1-31(2,3)39-30(38)35(20-23-12-8-5-9-13-23)25-16-14-24(15-17-25)26-19-28(33-21-32-26)34-27(29(36)37)18-22-10-6-4-7-11-22;31-26(32)24(15-19-7-3-1-4-8-19)30-25-16-23(28-18-29-25)21-11-13-22(14-12-21)27-17-20-9-5-2-6-10-20;/h4-17,19,21,27H,18,20H2,1-3H3,(H,36,37)(H,32,33,34);1-14,16,18,24,27H,15,17H2,(H,31,32)(H,28,29,30);1H. The molecule has 2 heterocycles. The van der Waals surface area contributed by atoms with Gasteiger partial charge in [-0.2, -0.15) is 0 Å². The highest BCUT2D eigenvalue weighted by molar-refractivity contribution is 5.88. The third kappa shape index (κ3) is 16.2. The quantitative estimate of drug-likeness (QED) is 0.0546. The fourth-order valence-corrected chi connectivity index (χ4v) is 7.36. The lowest BCUT2D eigenvalue weighted by atomic mass is 10.1. The van der Waals surface area contributed by atoms with Crippen molar-refractivity contribution in [2.45, 2.75) is 64.4 Å². The molecule has 0 radical (unpaired) electrons. The van der Waals surface area contributed by atoms with Crippen LogP contribution >= 0.6 is 12.4 Å². The van der Waals surface area contributed by atoms with Gasteiger partial charge in [-0.1, -0.05) is 146 Å². The Bertz CT molecular complexity index is 2950. The molecule has 8 aromatic rings. The Balaban J connectivity index is 0.000000236. The first-order chi connectivity index (χ1) is 34.3. The van der Waals surface area contributed by atoms with Crippen LogP contribution in [0.5, 0.6) is 0 Å². The van der Waals surface area contributed by atoms with Crippen molar-refractivity contribution in [1.29, 1.82) is 0 Å². The van der Waals surface area contributed by atoms with E-state index in [1.165, 1.54) is 18.2 Å². The second-order valence-corrected chi connectivity index (χ2v) is 17.5. The van der Waals surface area contributed by atoms with Crippen molar-refractivity contribution in [2.24, 2.45) is 0 Å². The van der Waals surface area contributed by atoms with E-state index < -0.39 is 35.7 Å². The Hall–Kier alpha value is -8.62. The van der Waals surface area contributed by atoms with E-state index >= 15 is 0 Å². The molecular formula is C57H57ClN8O6. The monoisotopic (exact) mass is 984 g/mol. The Morgan fingerprint density at radius 2 is 0.944 bits per heavy atom. The van der Waals surface area contributed by atoms with Gasteiger partial charge in [0, 0.05) is 54.0 Å². The number of halogens is 1. The first-order valence-electron chi connectivity index (χ1n) is 23.1. The van der Waals surface area contributed by atoms with E-state index in [-0.39, 0.29) is 12.4 Å².